The van der Waals surface area contributed by atoms with Gasteiger partial charge in [0.2, 0.25) is 5.91 Å². The van der Waals surface area contributed by atoms with Gasteiger partial charge in [0.1, 0.15) is 0 Å². The molecule has 0 aromatic heterocycles. The molecule has 1 aliphatic rings. The van der Waals surface area contributed by atoms with Gasteiger partial charge >= 0.3 is 5.97 Å². The minimum Gasteiger partial charge on any atom is -0.481 e. The number of carboxylic acid groups (broad SMARTS) is 1. The number of carbonyl (C=O) groups is 2. The fraction of sp³-hybridized carbons (Fsp3) is 0.529. The highest BCUT2D eigenvalue weighted by Crippen LogP contribution is 2.39. The van der Waals surface area contributed by atoms with Crippen molar-refractivity contribution in [2.24, 2.45) is 5.41 Å². The quantitative estimate of drug-likeness (QED) is 0.874. The van der Waals surface area contributed by atoms with E-state index in [4.69, 9.17) is 0 Å². The van der Waals surface area contributed by atoms with Crippen molar-refractivity contribution in [2.75, 3.05) is 0 Å². The van der Waals surface area contributed by atoms with E-state index in [-0.39, 0.29) is 18.4 Å². The van der Waals surface area contributed by atoms with Crippen LogP contribution in [0.2, 0.25) is 0 Å². The molecule has 1 aliphatic carbocycles. The van der Waals surface area contributed by atoms with Gasteiger partial charge < -0.3 is 10.4 Å². The van der Waals surface area contributed by atoms with E-state index in [1.54, 1.807) is 0 Å². The number of amides is 1. The van der Waals surface area contributed by atoms with Crippen molar-refractivity contribution < 1.29 is 14.7 Å². The van der Waals surface area contributed by atoms with E-state index >= 15 is 0 Å². The highest BCUT2D eigenvalue weighted by Gasteiger charge is 2.41. The van der Waals surface area contributed by atoms with Crippen LogP contribution in [0.5, 0.6) is 0 Å². The first-order valence-electron chi connectivity index (χ1n) is 7.61. The Morgan fingerprint density at radius 1 is 1.19 bits per heavy atom. The average Bonchev–Trinajstić information content (AvgIpc) is 2.48. The minimum atomic E-state index is -0.862. The van der Waals surface area contributed by atoms with Crippen molar-refractivity contribution in [1.29, 1.82) is 0 Å². The van der Waals surface area contributed by atoms with Crippen molar-refractivity contribution in [3.8, 4) is 0 Å². The second-order valence-electron chi connectivity index (χ2n) is 6.02. The molecule has 21 heavy (non-hydrogen) atoms. The van der Waals surface area contributed by atoms with Crippen LogP contribution in [0.4, 0.5) is 0 Å². The highest BCUT2D eigenvalue weighted by atomic mass is 16.4. The van der Waals surface area contributed by atoms with Gasteiger partial charge in [-0.05, 0) is 25.3 Å². The number of aliphatic carboxylic acids is 1. The summed E-state index contributed by atoms with van der Waals surface area (Å²) in [7, 11) is 0. The summed E-state index contributed by atoms with van der Waals surface area (Å²) in [6.45, 7) is 1.92. The predicted octanol–water partition coefficient (Wildman–Crippen LogP) is 3.29. The first kappa shape index (κ1) is 15.5. The standard InChI is InChI=1S/C17H23NO3/c1-13(14-8-4-2-5-9-14)18-15(19)12-17(16(20)21)10-6-3-7-11-17/h2,4-5,8-9,13H,3,6-7,10-12H2,1H3,(H,18,19)(H,20,21)/t13-/m0/s1. The van der Waals surface area contributed by atoms with E-state index in [1.165, 1.54) is 0 Å². The zero-order valence-electron chi connectivity index (χ0n) is 12.5. The van der Waals surface area contributed by atoms with Crippen molar-refractivity contribution in [3.63, 3.8) is 0 Å². The summed E-state index contributed by atoms with van der Waals surface area (Å²) in [5, 5.41) is 12.4. The SMILES string of the molecule is C[C@H](NC(=O)CC1(C(=O)O)CCCCC1)c1ccccc1. The van der Waals surface area contributed by atoms with Gasteiger partial charge in [0.15, 0.2) is 0 Å². The zero-order chi connectivity index (χ0) is 15.3. The summed E-state index contributed by atoms with van der Waals surface area (Å²) in [4.78, 5) is 23.8. The Kier molecular flexibility index (Phi) is 4.99. The van der Waals surface area contributed by atoms with Crippen LogP contribution in [0.15, 0.2) is 30.3 Å². The van der Waals surface area contributed by atoms with Crippen molar-refractivity contribution in [2.45, 2.75) is 51.5 Å². The minimum absolute atomic E-state index is 0.0828. The fourth-order valence-corrected chi connectivity index (χ4v) is 3.12. The lowest BCUT2D eigenvalue weighted by molar-refractivity contribution is -0.154. The van der Waals surface area contributed by atoms with Crippen LogP contribution in [0.1, 0.15) is 57.1 Å². The van der Waals surface area contributed by atoms with Gasteiger partial charge in [-0.2, -0.15) is 0 Å². The second-order valence-corrected chi connectivity index (χ2v) is 6.02. The monoisotopic (exact) mass is 289 g/mol. The average molecular weight is 289 g/mol. The third-order valence-corrected chi connectivity index (χ3v) is 4.44. The van der Waals surface area contributed by atoms with Crippen LogP contribution >= 0.6 is 0 Å². The smallest absolute Gasteiger partial charge is 0.310 e. The van der Waals surface area contributed by atoms with Gasteiger partial charge in [0.25, 0.3) is 0 Å². The van der Waals surface area contributed by atoms with Gasteiger partial charge in [0, 0.05) is 6.42 Å². The van der Waals surface area contributed by atoms with Crippen molar-refractivity contribution in [3.05, 3.63) is 35.9 Å². The van der Waals surface area contributed by atoms with Crippen molar-refractivity contribution >= 4 is 11.9 Å². The third-order valence-electron chi connectivity index (χ3n) is 4.44. The van der Waals surface area contributed by atoms with Crippen LogP contribution in [-0.2, 0) is 9.59 Å². The normalized spacial score (nSPS) is 18.7. The molecule has 0 heterocycles. The first-order chi connectivity index (χ1) is 10.0. The van der Waals surface area contributed by atoms with Gasteiger partial charge in [0.05, 0.1) is 11.5 Å². The highest BCUT2D eigenvalue weighted by molar-refractivity contribution is 5.85. The Bertz CT molecular complexity index is 492. The molecule has 0 spiro atoms. The molecular weight excluding hydrogens is 266 g/mol. The molecule has 0 bridgehead atoms. The summed E-state index contributed by atoms with van der Waals surface area (Å²) in [5.74, 6) is -1.000. The molecule has 0 aliphatic heterocycles. The van der Waals surface area contributed by atoms with Crippen LogP contribution in [0.3, 0.4) is 0 Å². The maximum absolute atomic E-state index is 12.2. The Morgan fingerprint density at radius 3 is 2.38 bits per heavy atom. The molecule has 1 aromatic carbocycles. The Hall–Kier alpha value is -1.84. The summed E-state index contributed by atoms with van der Waals surface area (Å²) >= 11 is 0. The molecule has 0 saturated heterocycles. The lowest BCUT2D eigenvalue weighted by Gasteiger charge is -2.32. The van der Waals surface area contributed by atoms with Crippen LogP contribution in [-0.4, -0.2) is 17.0 Å². The summed E-state index contributed by atoms with van der Waals surface area (Å²) in [6, 6.07) is 9.60. The van der Waals surface area contributed by atoms with E-state index in [0.29, 0.717) is 12.8 Å². The molecule has 1 fully saturated rings. The molecule has 0 unspecified atom stereocenters. The summed E-state index contributed by atoms with van der Waals surface area (Å²) in [5.41, 5.74) is 0.164. The number of nitrogens with one attached hydrogen (secondary N) is 1. The molecule has 0 radical (unpaired) electrons. The van der Waals surface area contributed by atoms with Crippen molar-refractivity contribution in [1.82, 2.24) is 5.32 Å². The van der Waals surface area contributed by atoms with E-state index in [9.17, 15) is 14.7 Å². The number of hydrogen-bond acceptors (Lipinski definition) is 2. The molecule has 2 N–H and O–H groups in total. The van der Waals surface area contributed by atoms with Gasteiger partial charge in [-0.15, -0.1) is 0 Å². The van der Waals surface area contributed by atoms with E-state index in [0.717, 1.165) is 24.8 Å². The topological polar surface area (TPSA) is 66.4 Å². The molecule has 1 atom stereocenters. The Balaban J connectivity index is 1.98. The second kappa shape index (κ2) is 6.74. The molecule has 4 nitrogen and oxygen atoms in total. The Labute approximate surface area is 125 Å². The summed E-state index contributed by atoms with van der Waals surface area (Å²) in [6.07, 6.45) is 4.16. The van der Waals surface area contributed by atoms with Gasteiger partial charge in [-0.25, -0.2) is 0 Å². The number of carboxylic acids is 1. The van der Waals surface area contributed by atoms with Gasteiger partial charge in [-0.3, -0.25) is 9.59 Å². The lowest BCUT2D eigenvalue weighted by Crippen LogP contribution is -2.39. The fourth-order valence-electron chi connectivity index (χ4n) is 3.12. The van der Waals surface area contributed by atoms with E-state index in [1.807, 2.05) is 37.3 Å². The number of carbonyl (C=O) groups excluding carboxylic acids is 1. The van der Waals surface area contributed by atoms with Crippen LogP contribution in [0, 0.1) is 5.41 Å². The molecule has 4 heteroatoms. The Morgan fingerprint density at radius 2 is 1.81 bits per heavy atom. The van der Waals surface area contributed by atoms with E-state index < -0.39 is 11.4 Å². The molecule has 2 rings (SSSR count). The maximum atomic E-state index is 12.2. The number of hydrogen-bond donors (Lipinski definition) is 2. The van der Waals surface area contributed by atoms with Gasteiger partial charge in [-0.1, -0.05) is 49.6 Å². The largest absolute Gasteiger partial charge is 0.481 e. The first-order valence-corrected chi connectivity index (χ1v) is 7.61. The number of benzene rings is 1. The molecule has 1 aromatic rings. The van der Waals surface area contributed by atoms with Crippen LogP contribution < -0.4 is 5.32 Å². The molecular formula is C17H23NO3. The predicted molar refractivity (Wildman–Crippen MR) is 80.8 cm³/mol. The molecule has 1 amide bonds. The zero-order valence-corrected chi connectivity index (χ0v) is 12.5. The maximum Gasteiger partial charge on any atom is 0.310 e. The van der Waals surface area contributed by atoms with E-state index in [2.05, 4.69) is 5.32 Å². The number of rotatable bonds is 5. The molecule has 1 saturated carbocycles. The van der Waals surface area contributed by atoms with Crippen LogP contribution in [0.25, 0.3) is 0 Å². The third kappa shape index (κ3) is 3.84. The lowest BCUT2D eigenvalue weighted by atomic mass is 9.71. The summed E-state index contributed by atoms with van der Waals surface area (Å²) < 4.78 is 0. The molecule has 114 valence electrons.